The standard InChI is InChI=1S/C16H21F3N4O2.2ClH/c1-22(15(25)11-23-8-6-20-7-9-23)10-14(24)21-13-5-3-2-4-12(13)16(17,18)19;;/h2-5,20H,6-11H2,1H3,(H,21,24);2*1H. The summed E-state index contributed by atoms with van der Waals surface area (Å²) in [6.07, 6.45) is -4.56. The summed E-state index contributed by atoms with van der Waals surface area (Å²) in [7, 11) is 1.46. The Labute approximate surface area is 168 Å². The number of halogens is 5. The molecule has 0 unspecified atom stereocenters. The van der Waals surface area contributed by atoms with Gasteiger partial charge in [0.1, 0.15) is 0 Å². The Morgan fingerprint density at radius 3 is 2.37 bits per heavy atom. The van der Waals surface area contributed by atoms with Crippen molar-refractivity contribution in [1.82, 2.24) is 15.1 Å². The molecule has 154 valence electrons. The van der Waals surface area contributed by atoms with Crippen molar-refractivity contribution < 1.29 is 22.8 Å². The van der Waals surface area contributed by atoms with E-state index in [9.17, 15) is 22.8 Å². The molecule has 1 aliphatic rings. The normalized spacial score (nSPS) is 14.5. The van der Waals surface area contributed by atoms with Crippen LogP contribution in [0.3, 0.4) is 0 Å². The van der Waals surface area contributed by atoms with Crippen LogP contribution in [0.4, 0.5) is 18.9 Å². The largest absolute Gasteiger partial charge is 0.418 e. The summed E-state index contributed by atoms with van der Waals surface area (Å²) in [4.78, 5) is 27.3. The Morgan fingerprint density at radius 1 is 1.19 bits per heavy atom. The maximum atomic E-state index is 12.9. The molecule has 1 fully saturated rings. The fourth-order valence-corrected chi connectivity index (χ4v) is 2.51. The Balaban J connectivity index is 0.00000338. The lowest BCUT2D eigenvalue weighted by molar-refractivity contribution is -0.137. The second-order valence-electron chi connectivity index (χ2n) is 5.87. The van der Waals surface area contributed by atoms with Crippen LogP contribution in [0.5, 0.6) is 0 Å². The van der Waals surface area contributed by atoms with Crippen LogP contribution in [0, 0.1) is 0 Å². The topological polar surface area (TPSA) is 64.7 Å². The second kappa shape index (κ2) is 11.3. The summed E-state index contributed by atoms with van der Waals surface area (Å²) in [5.74, 6) is -0.922. The third-order valence-corrected chi connectivity index (χ3v) is 3.88. The first-order valence-corrected chi connectivity index (χ1v) is 7.90. The molecule has 2 amide bonds. The third-order valence-electron chi connectivity index (χ3n) is 3.88. The van der Waals surface area contributed by atoms with Gasteiger partial charge in [0.15, 0.2) is 0 Å². The minimum absolute atomic E-state index is 0. The van der Waals surface area contributed by atoms with Crippen LogP contribution in [0.25, 0.3) is 0 Å². The number of hydrogen-bond acceptors (Lipinski definition) is 4. The SMILES string of the molecule is CN(CC(=O)Nc1ccccc1C(F)(F)F)C(=O)CN1CCNCC1.Cl.Cl. The van der Waals surface area contributed by atoms with E-state index < -0.39 is 17.6 Å². The Kier molecular flexibility index (Phi) is 10.7. The van der Waals surface area contributed by atoms with Crippen LogP contribution < -0.4 is 10.6 Å². The van der Waals surface area contributed by atoms with Gasteiger partial charge in [0.05, 0.1) is 24.3 Å². The average Bonchev–Trinajstić information content (AvgIpc) is 2.55. The molecule has 0 aromatic heterocycles. The van der Waals surface area contributed by atoms with Crippen molar-refractivity contribution in [3.63, 3.8) is 0 Å². The van der Waals surface area contributed by atoms with E-state index in [1.807, 2.05) is 4.90 Å². The van der Waals surface area contributed by atoms with Crippen LogP contribution in [0.15, 0.2) is 24.3 Å². The molecule has 2 rings (SSSR count). The van der Waals surface area contributed by atoms with E-state index in [1.165, 1.54) is 30.1 Å². The van der Waals surface area contributed by atoms with Gasteiger partial charge in [-0.05, 0) is 12.1 Å². The first kappa shape index (κ1) is 25.4. The molecule has 1 aromatic rings. The Hall–Kier alpha value is -1.55. The van der Waals surface area contributed by atoms with Crippen LogP contribution in [0.2, 0.25) is 0 Å². The molecular weight excluding hydrogens is 408 g/mol. The first-order valence-electron chi connectivity index (χ1n) is 7.90. The van der Waals surface area contributed by atoms with E-state index in [2.05, 4.69) is 10.6 Å². The van der Waals surface area contributed by atoms with Gasteiger partial charge in [0, 0.05) is 33.2 Å². The van der Waals surface area contributed by atoms with Crippen molar-refractivity contribution in [3.8, 4) is 0 Å². The minimum atomic E-state index is -4.56. The van der Waals surface area contributed by atoms with Gasteiger partial charge in [0.2, 0.25) is 11.8 Å². The van der Waals surface area contributed by atoms with Gasteiger partial charge >= 0.3 is 6.18 Å². The fourth-order valence-electron chi connectivity index (χ4n) is 2.51. The predicted octanol–water partition coefficient (Wildman–Crippen LogP) is 1.85. The van der Waals surface area contributed by atoms with E-state index in [0.29, 0.717) is 0 Å². The number of hydrogen-bond donors (Lipinski definition) is 2. The zero-order chi connectivity index (χ0) is 18.4. The number of alkyl halides is 3. The summed E-state index contributed by atoms with van der Waals surface area (Å²) in [6, 6.07) is 4.74. The summed E-state index contributed by atoms with van der Waals surface area (Å²) < 4.78 is 38.8. The van der Waals surface area contributed by atoms with Gasteiger partial charge in [-0.2, -0.15) is 13.2 Å². The van der Waals surface area contributed by atoms with Crippen molar-refractivity contribution >= 4 is 42.3 Å². The lowest BCUT2D eigenvalue weighted by Gasteiger charge is -2.28. The molecule has 11 heteroatoms. The number of carbonyl (C=O) groups excluding carboxylic acids is 2. The number of anilines is 1. The molecule has 2 N–H and O–H groups in total. The van der Waals surface area contributed by atoms with Crippen molar-refractivity contribution in [3.05, 3.63) is 29.8 Å². The van der Waals surface area contributed by atoms with Gasteiger partial charge in [-0.3, -0.25) is 14.5 Å². The lowest BCUT2D eigenvalue weighted by Crippen LogP contribution is -2.48. The number of benzene rings is 1. The number of likely N-dealkylation sites (N-methyl/N-ethyl adjacent to an activating group) is 1. The molecule has 0 spiro atoms. The highest BCUT2D eigenvalue weighted by Crippen LogP contribution is 2.34. The van der Waals surface area contributed by atoms with E-state index in [1.54, 1.807) is 0 Å². The maximum Gasteiger partial charge on any atom is 0.418 e. The first-order chi connectivity index (χ1) is 11.8. The maximum absolute atomic E-state index is 12.9. The molecule has 6 nitrogen and oxygen atoms in total. The predicted molar refractivity (Wildman–Crippen MR) is 102 cm³/mol. The molecule has 0 bridgehead atoms. The smallest absolute Gasteiger partial charge is 0.335 e. The quantitative estimate of drug-likeness (QED) is 0.747. The zero-order valence-electron chi connectivity index (χ0n) is 14.7. The van der Waals surface area contributed by atoms with Crippen molar-refractivity contribution in [2.24, 2.45) is 0 Å². The molecule has 0 atom stereocenters. The van der Waals surface area contributed by atoms with Crippen LogP contribution in [0.1, 0.15) is 5.56 Å². The number of piperazine rings is 1. The highest BCUT2D eigenvalue weighted by Gasteiger charge is 2.33. The van der Waals surface area contributed by atoms with Crippen LogP contribution in [-0.4, -0.2) is 67.9 Å². The third kappa shape index (κ3) is 7.92. The summed E-state index contributed by atoms with van der Waals surface area (Å²) >= 11 is 0. The molecule has 1 heterocycles. The number of carbonyl (C=O) groups is 2. The number of nitrogens with zero attached hydrogens (tertiary/aromatic N) is 2. The van der Waals surface area contributed by atoms with Crippen LogP contribution >= 0.6 is 24.8 Å². The number of rotatable bonds is 5. The monoisotopic (exact) mass is 430 g/mol. The zero-order valence-corrected chi connectivity index (χ0v) is 16.3. The number of nitrogens with one attached hydrogen (secondary N) is 2. The van der Waals surface area contributed by atoms with Gasteiger partial charge in [-0.15, -0.1) is 24.8 Å². The molecule has 27 heavy (non-hydrogen) atoms. The molecule has 1 aromatic carbocycles. The average molecular weight is 431 g/mol. The summed E-state index contributed by atoms with van der Waals surface area (Å²) in [6.45, 7) is 2.95. The van der Waals surface area contributed by atoms with Crippen molar-refractivity contribution in [1.29, 1.82) is 0 Å². The molecule has 0 saturated carbocycles. The molecule has 0 radical (unpaired) electrons. The lowest BCUT2D eigenvalue weighted by atomic mass is 10.1. The summed E-state index contributed by atoms with van der Waals surface area (Å²) in [5.41, 5.74) is -1.24. The number of para-hydroxylation sites is 1. The second-order valence-corrected chi connectivity index (χ2v) is 5.87. The number of amides is 2. The van der Waals surface area contributed by atoms with E-state index >= 15 is 0 Å². The minimum Gasteiger partial charge on any atom is -0.335 e. The molecular formula is C16H23Cl2F3N4O2. The molecule has 1 saturated heterocycles. The highest BCUT2D eigenvalue weighted by molar-refractivity contribution is 5.95. The van der Waals surface area contributed by atoms with Gasteiger partial charge in [-0.25, -0.2) is 0 Å². The van der Waals surface area contributed by atoms with Crippen molar-refractivity contribution in [2.45, 2.75) is 6.18 Å². The van der Waals surface area contributed by atoms with Gasteiger partial charge in [0.25, 0.3) is 0 Å². The molecule has 0 aliphatic carbocycles. The highest BCUT2D eigenvalue weighted by atomic mass is 35.5. The Morgan fingerprint density at radius 2 is 1.78 bits per heavy atom. The van der Waals surface area contributed by atoms with E-state index in [-0.39, 0.29) is 49.5 Å². The van der Waals surface area contributed by atoms with Gasteiger partial charge in [-0.1, -0.05) is 12.1 Å². The summed E-state index contributed by atoms with van der Waals surface area (Å²) in [5, 5.41) is 5.40. The van der Waals surface area contributed by atoms with Gasteiger partial charge < -0.3 is 15.5 Å². The van der Waals surface area contributed by atoms with E-state index in [4.69, 9.17) is 0 Å². The van der Waals surface area contributed by atoms with Crippen molar-refractivity contribution in [2.75, 3.05) is 51.6 Å². The van der Waals surface area contributed by atoms with Crippen LogP contribution in [-0.2, 0) is 15.8 Å². The Bertz CT molecular complexity index is 626. The van der Waals surface area contributed by atoms with E-state index in [0.717, 1.165) is 32.2 Å². The fraction of sp³-hybridized carbons (Fsp3) is 0.500. The molecule has 1 aliphatic heterocycles.